The second kappa shape index (κ2) is 5.92. The summed E-state index contributed by atoms with van der Waals surface area (Å²) in [5.41, 5.74) is 1.43. The number of hydrogen-bond acceptors (Lipinski definition) is 4. The van der Waals surface area contributed by atoms with Crippen LogP contribution < -0.4 is 5.32 Å². The van der Waals surface area contributed by atoms with Crippen molar-refractivity contribution < 1.29 is 9.90 Å². The van der Waals surface area contributed by atoms with E-state index >= 15 is 0 Å². The number of nitrogens with one attached hydrogen (secondary N) is 1. The molecule has 0 aliphatic carbocycles. The number of benzene rings is 1. The van der Waals surface area contributed by atoms with Crippen LogP contribution >= 0.6 is 0 Å². The van der Waals surface area contributed by atoms with Crippen molar-refractivity contribution in [2.24, 2.45) is 0 Å². The van der Waals surface area contributed by atoms with Crippen molar-refractivity contribution in [2.45, 2.75) is 12.8 Å². The SMILES string of the molecule is O=C(CCCO)Nc1ccccc1-n1ccnn1. The van der Waals surface area contributed by atoms with Gasteiger partial charge in [0.1, 0.15) is 0 Å². The molecule has 2 N–H and O–H groups in total. The predicted octanol–water partition coefficient (Wildman–Crippen LogP) is 0.978. The van der Waals surface area contributed by atoms with Crippen molar-refractivity contribution in [1.29, 1.82) is 0 Å². The van der Waals surface area contributed by atoms with Crippen molar-refractivity contribution >= 4 is 11.6 Å². The van der Waals surface area contributed by atoms with Gasteiger partial charge in [-0.2, -0.15) is 0 Å². The number of para-hydroxylation sites is 2. The number of anilines is 1. The molecular weight excluding hydrogens is 232 g/mol. The Hall–Kier alpha value is -2.21. The third kappa shape index (κ3) is 2.92. The summed E-state index contributed by atoms with van der Waals surface area (Å²) in [7, 11) is 0. The average molecular weight is 246 g/mol. The lowest BCUT2D eigenvalue weighted by atomic mass is 10.2. The Labute approximate surface area is 104 Å². The topological polar surface area (TPSA) is 80.0 Å². The Morgan fingerprint density at radius 1 is 1.39 bits per heavy atom. The summed E-state index contributed by atoms with van der Waals surface area (Å²) in [6.07, 6.45) is 4.03. The zero-order valence-electron chi connectivity index (χ0n) is 9.78. The van der Waals surface area contributed by atoms with Crippen LogP contribution in [0.3, 0.4) is 0 Å². The maximum absolute atomic E-state index is 11.6. The molecule has 1 amide bonds. The first-order valence-corrected chi connectivity index (χ1v) is 5.67. The highest BCUT2D eigenvalue weighted by Gasteiger charge is 2.07. The van der Waals surface area contributed by atoms with Gasteiger partial charge >= 0.3 is 0 Å². The van der Waals surface area contributed by atoms with E-state index in [1.54, 1.807) is 23.1 Å². The number of amides is 1. The molecule has 0 spiro atoms. The van der Waals surface area contributed by atoms with Crippen molar-refractivity contribution in [3.8, 4) is 5.69 Å². The molecule has 0 saturated heterocycles. The van der Waals surface area contributed by atoms with Crippen LogP contribution in [0.2, 0.25) is 0 Å². The zero-order chi connectivity index (χ0) is 12.8. The summed E-state index contributed by atoms with van der Waals surface area (Å²) < 4.78 is 1.58. The molecule has 6 heteroatoms. The Balaban J connectivity index is 2.16. The number of carbonyl (C=O) groups excluding carboxylic acids is 1. The monoisotopic (exact) mass is 246 g/mol. The summed E-state index contributed by atoms with van der Waals surface area (Å²) in [6, 6.07) is 7.34. The summed E-state index contributed by atoms with van der Waals surface area (Å²) in [6.45, 7) is 0.0120. The average Bonchev–Trinajstić information content (AvgIpc) is 2.91. The van der Waals surface area contributed by atoms with Gasteiger partial charge in [0.05, 0.1) is 23.8 Å². The van der Waals surface area contributed by atoms with Crippen LogP contribution in [0.1, 0.15) is 12.8 Å². The number of nitrogens with zero attached hydrogens (tertiary/aromatic N) is 3. The standard InChI is InChI=1S/C12H14N4O2/c17-9-3-6-12(18)14-10-4-1-2-5-11(10)16-8-7-13-15-16/h1-2,4-5,7-8,17H,3,6,9H2,(H,14,18). The molecule has 1 aromatic heterocycles. The van der Waals surface area contributed by atoms with Crippen LogP contribution in [-0.4, -0.2) is 32.6 Å². The largest absolute Gasteiger partial charge is 0.396 e. The van der Waals surface area contributed by atoms with E-state index < -0.39 is 0 Å². The quantitative estimate of drug-likeness (QED) is 0.824. The molecule has 0 bridgehead atoms. The Bertz CT molecular complexity index is 511. The first-order chi connectivity index (χ1) is 8.81. The maximum atomic E-state index is 11.6. The third-order valence-electron chi connectivity index (χ3n) is 2.41. The molecule has 1 heterocycles. The van der Waals surface area contributed by atoms with E-state index in [0.29, 0.717) is 18.5 Å². The smallest absolute Gasteiger partial charge is 0.224 e. The molecular formula is C12H14N4O2. The van der Waals surface area contributed by atoms with Gasteiger partial charge in [-0.05, 0) is 18.6 Å². The number of hydrogen-bond donors (Lipinski definition) is 2. The summed E-state index contributed by atoms with van der Waals surface area (Å²) >= 11 is 0. The highest BCUT2D eigenvalue weighted by molar-refractivity contribution is 5.92. The van der Waals surface area contributed by atoms with Gasteiger partial charge in [0.2, 0.25) is 5.91 Å². The van der Waals surface area contributed by atoms with E-state index in [2.05, 4.69) is 15.6 Å². The predicted molar refractivity (Wildman–Crippen MR) is 66.3 cm³/mol. The lowest BCUT2D eigenvalue weighted by molar-refractivity contribution is -0.116. The molecule has 18 heavy (non-hydrogen) atoms. The van der Waals surface area contributed by atoms with Crippen LogP contribution in [0.4, 0.5) is 5.69 Å². The van der Waals surface area contributed by atoms with Gasteiger partial charge in [-0.15, -0.1) is 5.10 Å². The number of aliphatic hydroxyl groups excluding tert-OH is 1. The highest BCUT2D eigenvalue weighted by atomic mass is 16.3. The fourth-order valence-electron chi connectivity index (χ4n) is 1.57. The molecule has 2 aromatic rings. The Morgan fingerprint density at radius 3 is 2.94 bits per heavy atom. The second-order valence-electron chi connectivity index (χ2n) is 3.74. The van der Waals surface area contributed by atoms with E-state index in [0.717, 1.165) is 5.69 Å². The number of rotatable bonds is 5. The molecule has 0 radical (unpaired) electrons. The van der Waals surface area contributed by atoms with E-state index in [1.165, 1.54) is 0 Å². The number of aromatic nitrogens is 3. The van der Waals surface area contributed by atoms with Gasteiger partial charge in [0, 0.05) is 13.0 Å². The normalized spacial score (nSPS) is 10.3. The van der Waals surface area contributed by atoms with Gasteiger partial charge in [-0.3, -0.25) is 4.79 Å². The first kappa shape index (κ1) is 12.3. The molecule has 0 aliphatic rings. The molecule has 6 nitrogen and oxygen atoms in total. The van der Waals surface area contributed by atoms with Crippen molar-refractivity contribution in [2.75, 3.05) is 11.9 Å². The molecule has 0 aliphatic heterocycles. The van der Waals surface area contributed by atoms with Crippen molar-refractivity contribution in [3.05, 3.63) is 36.7 Å². The van der Waals surface area contributed by atoms with Gasteiger partial charge in [0.25, 0.3) is 0 Å². The minimum atomic E-state index is -0.128. The lowest BCUT2D eigenvalue weighted by Gasteiger charge is -2.10. The Kier molecular flexibility index (Phi) is 4.03. The maximum Gasteiger partial charge on any atom is 0.224 e. The fraction of sp³-hybridized carbons (Fsp3) is 0.250. The van der Waals surface area contributed by atoms with Crippen LogP contribution in [0.25, 0.3) is 5.69 Å². The van der Waals surface area contributed by atoms with Crippen LogP contribution in [0.15, 0.2) is 36.7 Å². The molecule has 0 fully saturated rings. The van der Waals surface area contributed by atoms with Crippen molar-refractivity contribution in [3.63, 3.8) is 0 Å². The van der Waals surface area contributed by atoms with Crippen molar-refractivity contribution in [1.82, 2.24) is 15.0 Å². The summed E-state index contributed by atoms with van der Waals surface area (Å²) in [4.78, 5) is 11.6. The Morgan fingerprint density at radius 2 is 2.22 bits per heavy atom. The minimum absolute atomic E-state index is 0.0120. The second-order valence-corrected chi connectivity index (χ2v) is 3.74. The van der Waals surface area contributed by atoms with E-state index in [1.807, 2.05) is 18.2 Å². The molecule has 0 atom stereocenters. The fourth-order valence-corrected chi connectivity index (χ4v) is 1.57. The summed E-state index contributed by atoms with van der Waals surface area (Å²) in [5.74, 6) is -0.128. The molecule has 2 rings (SSSR count). The zero-order valence-corrected chi connectivity index (χ0v) is 9.78. The molecule has 0 saturated carbocycles. The molecule has 1 aromatic carbocycles. The summed E-state index contributed by atoms with van der Waals surface area (Å²) in [5, 5.41) is 19.1. The van der Waals surface area contributed by atoms with Crippen LogP contribution in [0.5, 0.6) is 0 Å². The number of carbonyl (C=O) groups is 1. The third-order valence-corrected chi connectivity index (χ3v) is 2.41. The molecule has 0 unspecified atom stereocenters. The van der Waals surface area contributed by atoms with Crippen LogP contribution in [-0.2, 0) is 4.79 Å². The highest BCUT2D eigenvalue weighted by Crippen LogP contribution is 2.18. The van der Waals surface area contributed by atoms with E-state index in [9.17, 15) is 4.79 Å². The van der Waals surface area contributed by atoms with Gasteiger partial charge in [0.15, 0.2) is 0 Å². The first-order valence-electron chi connectivity index (χ1n) is 5.67. The van der Waals surface area contributed by atoms with E-state index in [-0.39, 0.29) is 12.5 Å². The lowest BCUT2D eigenvalue weighted by Crippen LogP contribution is -2.13. The number of aliphatic hydroxyl groups is 1. The van der Waals surface area contributed by atoms with E-state index in [4.69, 9.17) is 5.11 Å². The van der Waals surface area contributed by atoms with Gasteiger partial charge in [-0.1, -0.05) is 17.3 Å². The van der Waals surface area contributed by atoms with Gasteiger partial charge < -0.3 is 10.4 Å². The minimum Gasteiger partial charge on any atom is -0.396 e. The van der Waals surface area contributed by atoms with Crippen LogP contribution in [0, 0.1) is 0 Å². The van der Waals surface area contributed by atoms with Gasteiger partial charge in [-0.25, -0.2) is 4.68 Å². The molecule has 94 valence electrons.